The van der Waals surface area contributed by atoms with E-state index in [1.165, 1.54) is 0 Å². The summed E-state index contributed by atoms with van der Waals surface area (Å²) in [5.74, 6) is 2.01. The smallest absolute Gasteiger partial charge is 0.164 e. The molecule has 1 aromatic heterocycles. The number of hydrogen-bond acceptors (Lipinski definition) is 2. The fourth-order valence-electron chi connectivity index (χ4n) is 1.93. The third kappa shape index (κ3) is 2.52. The number of halogens is 2. The Morgan fingerprint density at radius 2 is 2.06 bits per heavy atom. The van der Waals surface area contributed by atoms with Crippen LogP contribution in [-0.4, -0.2) is 14.8 Å². The van der Waals surface area contributed by atoms with E-state index in [0.717, 1.165) is 35.7 Å². The van der Waals surface area contributed by atoms with Gasteiger partial charge in [-0.3, -0.25) is 0 Å². The molecule has 0 spiro atoms. The summed E-state index contributed by atoms with van der Waals surface area (Å²) in [4.78, 5) is 0. The predicted molar refractivity (Wildman–Crippen MR) is 75.1 cm³/mol. The lowest BCUT2D eigenvalue weighted by Crippen LogP contribution is -2.04. The minimum atomic E-state index is 0.368. The first-order valence-electron chi connectivity index (χ1n) is 5.92. The first-order valence-corrected chi connectivity index (χ1v) is 6.83. The van der Waals surface area contributed by atoms with Crippen LogP contribution in [0.1, 0.15) is 24.7 Å². The summed E-state index contributed by atoms with van der Waals surface area (Å²) in [6.45, 7) is 5.01. The third-order valence-corrected chi connectivity index (χ3v) is 3.31. The fourth-order valence-corrected chi connectivity index (χ4v) is 2.30. The zero-order chi connectivity index (χ0) is 13.1. The maximum absolute atomic E-state index is 6.05. The Balaban J connectivity index is 2.56. The summed E-state index contributed by atoms with van der Waals surface area (Å²) < 4.78 is 2.06. The summed E-state index contributed by atoms with van der Waals surface area (Å²) in [5, 5.41) is 9.09. The molecule has 1 heterocycles. The topological polar surface area (TPSA) is 30.7 Å². The molecule has 0 N–H and O–H groups in total. The highest BCUT2D eigenvalue weighted by Crippen LogP contribution is 2.26. The molecule has 1 aromatic carbocycles. The maximum Gasteiger partial charge on any atom is 0.164 e. The van der Waals surface area contributed by atoms with E-state index >= 15 is 0 Å². The molecule has 0 atom stereocenters. The lowest BCUT2D eigenvalue weighted by atomic mass is 10.1. The Morgan fingerprint density at radius 3 is 2.72 bits per heavy atom. The van der Waals surface area contributed by atoms with Crippen LogP contribution in [0.25, 0.3) is 11.4 Å². The molecule has 5 heteroatoms. The van der Waals surface area contributed by atoms with Crippen molar-refractivity contribution in [2.24, 2.45) is 0 Å². The number of rotatable bonds is 4. The fraction of sp³-hybridized carbons (Fsp3) is 0.385. The molecule has 18 heavy (non-hydrogen) atoms. The maximum atomic E-state index is 6.05. The van der Waals surface area contributed by atoms with E-state index in [1.807, 2.05) is 25.1 Å². The molecule has 0 aliphatic heterocycles. The van der Waals surface area contributed by atoms with E-state index in [0.29, 0.717) is 10.9 Å². The van der Waals surface area contributed by atoms with Crippen LogP contribution in [-0.2, 0) is 12.4 Å². The highest BCUT2D eigenvalue weighted by Gasteiger charge is 2.14. The first-order chi connectivity index (χ1) is 8.67. The molecule has 0 saturated carbocycles. The summed E-state index contributed by atoms with van der Waals surface area (Å²) in [6, 6.07) is 5.79. The van der Waals surface area contributed by atoms with E-state index in [9.17, 15) is 0 Å². The zero-order valence-electron chi connectivity index (χ0n) is 10.5. The molecule has 96 valence electrons. The Labute approximate surface area is 117 Å². The Kier molecular flexibility index (Phi) is 4.25. The van der Waals surface area contributed by atoms with Crippen molar-refractivity contribution in [1.82, 2.24) is 14.8 Å². The average Bonchev–Trinajstić information content (AvgIpc) is 2.76. The minimum Gasteiger partial charge on any atom is -0.310 e. The number of aryl methyl sites for hydroxylation is 1. The van der Waals surface area contributed by atoms with Crippen LogP contribution in [0.3, 0.4) is 0 Å². The number of benzene rings is 1. The monoisotopic (exact) mass is 283 g/mol. The molecular weight excluding hydrogens is 269 g/mol. The van der Waals surface area contributed by atoms with Crippen LogP contribution in [0, 0.1) is 6.92 Å². The molecule has 0 aliphatic carbocycles. The number of alkyl halides is 1. The first kappa shape index (κ1) is 13.4. The van der Waals surface area contributed by atoms with Crippen LogP contribution in [0.5, 0.6) is 0 Å². The number of aromatic nitrogens is 3. The molecule has 0 amide bonds. The highest BCUT2D eigenvalue weighted by molar-refractivity contribution is 6.30. The SMILES string of the molecule is CCCn1c(CCl)nnc1-c1cc(Cl)ccc1C. The van der Waals surface area contributed by atoms with Gasteiger partial charge in [0.2, 0.25) is 0 Å². The highest BCUT2D eigenvalue weighted by atomic mass is 35.5. The van der Waals surface area contributed by atoms with Gasteiger partial charge in [0.15, 0.2) is 5.82 Å². The van der Waals surface area contributed by atoms with Crippen molar-refractivity contribution in [3.8, 4) is 11.4 Å². The zero-order valence-corrected chi connectivity index (χ0v) is 12.0. The molecule has 0 fully saturated rings. The van der Waals surface area contributed by atoms with E-state index in [1.54, 1.807) is 0 Å². The second-order valence-electron chi connectivity index (χ2n) is 4.18. The molecule has 0 bridgehead atoms. The van der Waals surface area contributed by atoms with Gasteiger partial charge >= 0.3 is 0 Å². The van der Waals surface area contributed by atoms with Crippen molar-refractivity contribution >= 4 is 23.2 Å². The molecule has 2 aromatic rings. The van der Waals surface area contributed by atoms with Crippen molar-refractivity contribution in [2.45, 2.75) is 32.7 Å². The Morgan fingerprint density at radius 1 is 1.28 bits per heavy atom. The average molecular weight is 284 g/mol. The van der Waals surface area contributed by atoms with E-state index in [4.69, 9.17) is 23.2 Å². The van der Waals surface area contributed by atoms with Gasteiger partial charge in [-0.2, -0.15) is 0 Å². The molecule has 3 nitrogen and oxygen atoms in total. The van der Waals surface area contributed by atoms with Gasteiger partial charge in [0.1, 0.15) is 5.82 Å². The van der Waals surface area contributed by atoms with E-state index in [2.05, 4.69) is 21.7 Å². The quantitative estimate of drug-likeness (QED) is 0.793. The number of hydrogen-bond donors (Lipinski definition) is 0. The second kappa shape index (κ2) is 5.72. The normalized spacial score (nSPS) is 10.9. The standard InChI is InChI=1S/C13H15Cl2N3/c1-3-6-18-12(8-14)16-17-13(18)11-7-10(15)5-4-9(11)2/h4-5,7H,3,6,8H2,1-2H3. The molecule has 0 radical (unpaired) electrons. The van der Waals surface area contributed by atoms with E-state index in [-0.39, 0.29) is 0 Å². The van der Waals surface area contributed by atoms with Gasteiger partial charge < -0.3 is 4.57 Å². The summed E-state index contributed by atoms with van der Waals surface area (Å²) in [7, 11) is 0. The van der Waals surface area contributed by atoms with Crippen LogP contribution < -0.4 is 0 Å². The van der Waals surface area contributed by atoms with E-state index < -0.39 is 0 Å². The van der Waals surface area contributed by atoms with Crippen LogP contribution in [0.4, 0.5) is 0 Å². The predicted octanol–water partition coefficient (Wildman–Crippen LogP) is 4.06. The minimum absolute atomic E-state index is 0.368. The van der Waals surface area contributed by atoms with Gasteiger partial charge in [-0.1, -0.05) is 24.6 Å². The van der Waals surface area contributed by atoms with Crippen molar-refractivity contribution in [3.05, 3.63) is 34.6 Å². The van der Waals surface area contributed by atoms with Crippen molar-refractivity contribution in [3.63, 3.8) is 0 Å². The summed E-state index contributed by atoms with van der Waals surface area (Å²) in [6.07, 6.45) is 1.01. The summed E-state index contributed by atoms with van der Waals surface area (Å²) >= 11 is 11.9. The number of nitrogens with zero attached hydrogens (tertiary/aromatic N) is 3. The van der Waals surface area contributed by atoms with Gasteiger partial charge in [0.25, 0.3) is 0 Å². The molecule has 0 saturated heterocycles. The molecular formula is C13H15Cl2N3. The van der Waals surface area contributed by atoms with Crippen LogP contribution in [0.2, 0.25) is 5.02 Å². The van der Waals surface area contributed by atoms with Crippen LogP contribution >= 0.6 is 23.2 Å². The Hall–Kier alpha value is -1.06. The third-order valence-electron chi connectivity index (χ3n) is 2.83. The molecule has 2 rings (SSSR count). The molecule has 0 unspecified atom stereocenters. The van der Waals surface area contributed by atoms with Gasteiger partial charge in [0.05, 0.1) is 5.88 Å². The van der Waals surface area contributed by atoms with Gasteiger partial charge in [-0.15, -0.1) is 21.8 Å². The van der Waals surface area contributed by atoms with Gasteiger partial charge in [0, 0.05) is 17.1 Å². The van der Waals surface area contributed by atoms with Crippen molar-refractivity contribution in [2.75, 3.05) is 0 Å². The van der Waals surface area contributed by atoms with Crippen molar-refractivity contribution < 1.29 is 0 Å². The van der Waals surface area contributed by atoms with Crippen LogP contribution in [0.15, 0.2) is 18.2 Å². The lowest BCUT2D eigenvalue weighted by molar-refractivity contribution is 0.659. The Bertz CT molecular complexity index is 549. The lowest BCUT2D eigenvalue weighted by Gasteiger charge is -2.10. The van der Waals surface area contributed by atoms with Gasteiger partial charge in [-0.25, -0.2) is 0 Å². The molecule has 0 aliphatic rings. The second-order valence-corrected chi connectivity index (χ2v) is 4.89. The summed E-state index contributed by atoms with van der Waals surface area (Å²) in [5.41, 5.74) is 2.14. The largest absolute Gasteiger partial charge is 0.310 e. The van der Waals surface area contributed by atoms with Crippen molar-refractivity contribution in [1.29, 1.82) is 0 Å². The van der Waals surface area contributed by atoms with Gasteiger partial charge in [-0.05, 0) is 31.0 Å².